The molecular weight excluding hydrogens is 376 g/mol. The molecule has 0 aromatic carbocycles. The molecule has 1 amide bonds. The van der Waals surface area contributed by atoms with Crippen LogP contribution in [0.25, 0.3) is 0 Å². The molecule has 0 radical (unpaired) electrons. The first-order chi connectivity index (χ1) is 13.5. The van der Waals surface area contributed by atoms with Crippen molar-refractivity contribution in [1.29, 1.82) is 0 Å². The second-order valence-corrected chi connectivity index (χ2v) is 7.79. The van der Waals surface area contributed by atoms with Crippen molar-refractivity contribution in [2.24, 2.45) is 0 Å². The van der Waals surface area contributed by atoms with E-state index >= 15 is 0 Å². The molecule has 1 aliphatic rings. The van der Waals surface area contributed by atoms with E-state index in [2.05, 4.69) is 20.5 Å². The molecule has 0 saturated carbocycles. The molecule has 28 heavy (non-hydrogen) atoms. The van der Waals surface area contributed by atoms with Gasteiger partial charge >= 0.3 is 0 Å². The van der Waals surface area contributed by atoms with Gasteiger partial charge in [0, 0.05) is 13.5 Å². The van der Waals surface area contributed by atoms with E-state index in [9.17, 15) is 4.79 Å². The number of hydrogen-bond acceptors (Lipinski definition) is 8. The SMILES string of the molecule is CCc1nnc(Nc2cccc([C@@H]3CCCN3C(=O)c3oc(C)nc3C)n2)s1. The number of oxazole rings is 1. The standard InChI is InChI=1S/C19H22N6O2S/c1-4-16-23-24-19(28-16)22-15-9-5-7-13(21-15)14-8-6-10-25(14)18(26)17-11(2)20-12(3)27-17/h5,7,9,14H,4,6,8,10H2,1-3H3,(H,21,22,24)/t14-/m0/s1. The summed E-state index contributed by atoms with van der Waals surface area (Å²) < 4.78 is 5.54. The highest BCUT2D eigenvalue weighted by molar-refractivity contribution is 7.15. The zero-order valence-corrected chi connectivity index (χ0v) is 16.9. The minimum absolute atomic E-state index is 0.0836. The van der Waals surface area contributed by atoms with E-state index in [4.69, 9.17) is 9.40 Å². The molecule has 1 fully saturated rings. The summed E-state index contributed by atoms with van der Waals surface area (Å²) in [5, 5.41) is 13.2. The molecule has 1 atom stereocenters. The second kappa shape index (κ2) is 7.67. The van der Waals surface area contributed by atoms with E-state index in [-0.39, 0.29) is 11.9 Å². The number of anilines is 2. The van der Waals surface area contributed by atoms with Crippen LogP contribution in [-0.4, -0.2) is 37.5 Å². The minimum Gasteiger partial charge on any atom is -0.436 e. The van der Waals surface area contributed by atoms with Crippen LogP contribution in [0.1, 0.15) is 58.6 Å². The topological polar surface area (TPSA) is 97.0 Å². The predicted octanol–water partition coefficient (Wildman–Crippen LogP) is 3.82. The maximum atomic E-state index is 13.0. The average molecular weight is 398 g/mol. The van der Waals surface area contributed by atoms with E-state index < -0.39 is 0 Å². The van der Waals surface area contributed by atoms with Crippen molar-refractivity contribution in [2.75, 3.05) is 11.9 Å². The van der Waals surface area contributed by atoms with Gasteiger partial charge in [0.25, 0.3) is 5.91 Å². The summed E-state index contributed by atoms with van der Waals surface area (Å²) in [5.41, 5.74) is 1.48. The van der Waals surface area contributed by atoms with Crippen molar-refractivity contribution in [2.45, 2.75) is 46.1 Å². The molecule has 0 bridgehead atoms. The normalized spacial score (nSPS) is 16.5. The molecule has 4 rings (SSSR count). The van der Waals surface area contributed by atoms with E-state index in [1.165, 1.54) is 11.3 Å². The fraction of sp³-hybridized carbons (Fsp3) is 0.421. The molecule has 1 saturated heterocycles. The van der Waals surface area contributed by atoms with Gasteiger partial charge in [0.1, 0.15) is 10.8 Å². The molecule has 4 heterocycles. The minimum atomic E-state index is -0.127. The zero-order chi connectivity index (χ0) is 19.7. The number of amides is 1. The lowest BCUT2D eigenvalue weighted by atomic mass is 10.1. The molecule has 0 aliphatic carbocycles. The van der Waals surface area contributed by atoms with Crippen LogP contribution in [0.2, 0.25) is 0 Å². The Balaban J connectivity index is 1.55. The number of carbonyl (C=O) groups excluding carboxylic acids is 1. The number of nitrogens with zero attached hydrogens (tertiary/aromatic N) is 5. The number of carbonyl (C=O) groups is 1. The van der Waals surface area contributed by atoms with Crippen molar-refractivity contribution in [3.63, 3.8) is 0 Å². The quantitative estimate of drug-likeness (QED) is 0.698. The molecule has 146 valence electrons. The van der Waals surface area contributed by atoms with Gasteiger partial charge in [0.05, 0.1) is 17.4 Å². The number of pyridine rings is 1. The van der Waals surface area contributed by atoms with Crippen molar-refractivity contribution >= 4 is 28.2 Å². The van der Waals surface area contributed by atoms with Gasteiger partial charge in [0.15, 0.2) is 5.89 Å². The van der Waals surface area contributed by atoms with Crippen LogP contribution in [0.3, 0.4) is 0 Å². The summed E-state index contributed by atoms with van der Waals surface area (Å²) in [6.45, 7) is 6.27. The Morgan fingerprint density at radius 2 is 2.18 bits per heavy atom. The number of nitrogens with one attached hydrogen (secondary N) is 1. The smallest absolute Gasteiger partial charge is 0.292 e. The molecule has 9 heteroatoms. The predicted molar refractivity (Wildman–Crippen MR) is 106 cm³/mol. The molecule has 0 spiro atoms. The first-order valence-electron chi connectivity index (χ1n) is 9.36. The fourth-order valence-electron chi connectivity index (χ4n) is 3.44. The maximum Gasteiger partial charge on any atom is 0.292 e. The molecule has 3 aromatic heterocycles. The summed E-state index contributed by atoms with van der Waals surface area (Å²) in [7, 11) is 0. The summed E-state index contributed by atoms with van der Waals surface area (Å²) in [5.74, 6) is 1.39. The molecule has 1 N–H and O–H groups in total. The number of hydrogen-bond donors (Lipinski definition) is 1. The third-order valence-corrected chi connectivity index (χ3v) is 5.71. The average Bonchev–Trinajstić information content (AvgIpc) is 3.41. The van der Waals surface area contributed by atoms with E-state index in [0.717, 1.165) is 30.0 Å². The molecule has 0 unspecified atom stereocenters. The van der Waals surface area contributed by atoms with Gasteiger partial charge in [-0.05, 0) is 38.3 Å². The summed E-state index contributed by atoms with van der Waals surface area (Å²) >= 11 is 1.52. The van der Waals surface area contributed by atoms with Gasteiger partial charge < -0.3 is 14.6 Å². The van der Waals surface area contributed by atoms with Crippen LogP contribution >= 0.6 is 11.3 Å². The third-order valence-electron chi connectivity index (χ3n) is 4.73. The lowest BCUT2D eigenvalue weighted by Crippen LogP contribution is -2.31. The highest BCUT2D eigenvalue weighted by Gasteiger charge is 2.34. The van der Waals surface area contributed by atoms with Crippen LogP contribution in [0, 0.1) is 13.8 Å². The van der Waals surface area contributed by atoms with Crippen LogP contribution in [0.5, 0.6) is 0 Å². The number of aromatic nitrogens is 4. The van der Waals surface area contributed by atoms with Crippen molar-refractivity contribution in [3.8, 4) is 0 Å². The Bertz CT molecular complexity index is 998. The van der Waals surface area contributed by atoms with Crippen molar-refractivity contribution in [3.05, 3.63) is 46.2 Å². The summed E-state index contributed by atoms with van der Waals surface area (Å²) in [6.07, 6.45) is 2.65. The largest absolute Gasteiger partial charge is 0.436 e. The van der Waals surface area contributed by atoms with E-state index in [1.54, 1.807) is 13.8 Å². The van der Waals surface area contributed by atoms with Gasteiger partial charge in [-0.1, -0.05) is 24.3 Å². The van der Waals surface area contributed by atoms with Gasteiger partial charge in [-0.2, -0.15) is 0 Å². The van der Waals surface area contributed by atoms with E-state index in [0.29, 0.717) is 34.8 Å². The fourth-order valence-corrected chi connectivity index (χ4v) is 4.13. The second-order valence-electron chi connectivity index (χ2n) is 6.73. The first-order valence-corrected chi connectivity index (χ1v) is 10.2. The van der Waals surface area contributed by atoms with Gasteiger partial charge in [0.2, 0.25) is 10.9 Å². The molecule has 8 nitrogen and oxygen atoms in total. The lowest BCUT2D eigenvalue weighted by Gasteiger charge is -2.23. The highest BCUT2D eigenvalue weighted by Crippen LogP contribution is 2.33. The maximum absolute atomic E-state index is 13.0. The Hall–Kier alpha value is -2.81. The van der Waals surface area contributed by atoms with Crippen LogP contribution in [0.15, 0.2) is 22.6 Å². The van der Waals surface area contributed by atoms with Gasteiger partial charge in [-0.15, -0.1) is 10.2 Å². The summed E-state index contributed by atoms with van der Waals surface area (Å²) in [6, 6.07) is 5.70. The zero-order valence-electron chi connectivity index (χ0n) is 16.1. The van der Waals surface area contributed by atoms with Crippen LogP contribution < -0.4 is 5.32 Å². The molecular formula is C19H22N6O2S. The highest BCUT2D eigenvalue weighted by atomic mass is 32.1. The molecule has 3 aromatic rings. The Kier molecular flexibility index (Phi) is 5.08. The van der Waals surface area contributed by atoms with Crippen molar-refractivity contribution in [1.82, 2.24) is 25.1 Å². The van der Waals surface area contributed by atoms with Crippen LogP contribution in [-0.2, 0) is 6.42 Å². The first kappa shape index (κ1) is 18.5. The van der Waals surface area contributed by atoms with Gasteiger partial charge in [-0.3, -0.25) is 4.79 Å². The Morgan fingerprint density at radius 1 is 1.32 bits per heavy atom. The Morgan fingerprint density at radius 3 is 2.89 bits per heavy atom. The third kappa shape index (κ3) is 3.62. The monoisotopic (exact) mass is 398 g/mol. The lowest BCUT2D eigenvalue weighted by molar-refractivity contribution is 0.0698. The van der Waals surface area contributed by atoms with Gasteiger partial charge in [-0.25, -0.2) is 9.97 Å². The Labute approximate surface area is 167 Å². The molecule has 1 aliphatic heterocycles. The van der Waals surface area contributed by atoms with E-state index in [1.807, 2.05) is 30.0 Å². The summed E-state index contributed by atoms with van der Waals surface area (Å²) in [4.78, 5) is 23.8. The number of aryl methyl sites for hydroxylation is 3. The number of rotatable bonds is 5. The van der Waals surface area contributed by atoms with Crippen LogP contribution in [0.4, 0.5) is 10.9 Å². The number of likely N-dealkylation sites (tertiary alicyclic amines) is 1. The van der Waals surface area contributed by atoms with Crippen molar-refractivity contribution < 1.29 is 9.21 Å².